The van der Waals surface area contributed by atoms with Crippen molar-refractivity contribution >= 4 is 0 Å². The third-order valence-electron chi connectivity index (χ3n) is 3.65. The van der Waals surface area contributed by atoms with Crippen LogP contribution in [0.5, 0.6) is 0 Å². The molecule has 1 N–H and O–H groups in total. The lowest BCUT2D eigenvalue weighted by Gasteiger charge is -2.21. The summed E-state index contributed by atoms with van der Waals surface area (Å²) < 4.78 is 2.36. The molecule has 0 amide bonds. The molecule has 2 atom stereocenters. The second kappa shape index (κ2) is 5.00. The monoisotopic (exact) mass is 221 g/mol. The lowest BCUT2D eigenvalue weighted by Crippen LogP contribution is -2.27. The molecular weight excluding hydrogens is 198 g/mol. The van der Waals surface area contributed by atoms with E-state index in [1.54, 1.807) is 0 Å². The molecule has 0 saturated heterocycles. The lowest BCUT2D eigenvalue weighted by atomic mass is 9.98. The van der Waals surface area contributed by atoms with Crippen LogP contribution in [-0.2, 0) is 13.0 Å². The van der Waals surface area contributed by atoms with E-state index in [-0.39, 0.29) is 0 Å². The molecule has 0 saturated carbocycles. The first kappa shape index (κ1) is 11.6. The van der Waals surface area contributed by atoms with Gasteiger partial charge in [0.15, 0.2) is 0 Å². The van der Waals surface area contributed by atoms with Crippen LogP contribution in [0.1, 0.15) is 51.2 Å². The van der Waals surface area contributed by atoms with E-state index in [2.05, 4.69) is 36.9 Å². The standard InChI is InChI=1S/C13H23N3/c1-4-10(3)12-13-15-11(5-2)9-16(13)8-6-7-14-12/h9-10,12,14H,4-8H2,1-3H3/t10-,12-/m0/s1. The maximum atomic E-state index is 4.78. The smallest absolute Gasteiger partial charge is 0.126 e. The van der Waals surface area contributed by atoms with Gasteiger partial charge < -0.3 is 9.88 Å². The van der Waals surface area contributed by atoms with Crippen molar-refractivity contribution in [3.63, 3.8) is 0 Å². The van der Waals surface area contributed by atoms with Crippen LogP contribution in [-0.4, -0.2) is 16.1 Å². The van der Waals surface area contributed by atoms with Gasteiger partial charge in [0, 0.05) is 12.7 Å². The minimum Gasteiger partial charge on any atom is -0.333 e. The Morgan fingerprint density at radius 1 is 1.56 bits per heavy atom. The van der Waals surface area contributed by atoms with Crippen molar-refractivity contribution in [2.75, 3.05) is 6.54 Å². The van der Waals surface area contributed by atoms with Gasteiger partial charge in [-0.1, -0.05) is 27.2 Å². The van der Waals surface area contributed by atoms with Crippen LogP contribution < -0.4 is 5.32 Å². The van der Waals surface area contributed by atoms with Crippen LogP contribution in [0.4, 0.5) is 0 Å². The highest BCUT2D eigenvalue weighted by molar-refractivity contribution is 5.10. The fourth-order valence-corrected chi connectivity index (χ4v) is 2.37. The number of rotatable bonds is 3. The summed E-state index contributed by atoms with van der Waals surface area (Å²) in [5.74, 6) is 1.91. The molecule has 3 heteroatoms. The average molecular weight is 221 g/mol. The maximum absolute atomic E-state index is 4.78. The molecule has 1 aromatic heterocycles. The summed E-state index contributed by atoms with van der Waals surface area (Å²) >= 11 is 0. The van der Waals surface area contributed by atoms with Gasteiger partial charge in [-0.15, -0.1) is 0 Å². The largest absolute Gasteiger partial charge is 0.333 e. The number of fused-ring (bicyclic) bond motifs is 1. The van der Waals surface area contributed by atoms with E-state index in [1.165, 1.54) is 24.4 Å². The predicted octanol–water partition coefficient (Wildman–Crippen LogP) is 2.53. The number of aryl methyl sites for hydroxylation is 2. The zero-order chi connectivity index (χ0) is 11.5. The molecule has 2 heterocycles. The molecule has 90 valence electrons. The van der Waals surface area contributed by atoms with Gasteiger partial charge in [-0.2, -0.15) is 0 Å². The summed E-state index contributed by atoms with van der Waals surface area (Å²) in [6, 6.07) is 0.438. The van der Waals surface area contributed by atoms with E-state index < -0.39 is 0 Å². The molecule has 0 radical (unpaired) electrons. The molecule has 0 fully saturated rings. The van der Waals surface area contributed by atoms with Crippen LogP contribution >= 0.6 is 0 Å². The van der Waals surface area contributed by atoms with E-state index >= 15 is 0 Å². The third kappa shape index (κ3) is 2.14. The molecule has 0 bridgehead atoms. The van der Waals surface area contributed by atoms with E-state index in [0.717, 1.165) is 19.5 Å². The number of nitrogens with zero attached hydrogens (tertiary/aromatic N) is 2. The molecular formula is C13H23N3. The second-order valence-electron chi connectivity index (χ2n) is 4.81. The van der Waals surface area contributed by atoms with Crippen molar-refractivity contribution in [3.8, 4) is 0 Å². The molecule has 3 nitrogen and oxygen atoms in total. The van der Waals surface area contributed by atoms with E-state index in [4.69, 9.17) is 4.98 Å². The Labute approximate surface area is 98.3 Å². The number of hydrogen-bond donors (Lipinski definition) is 1. The SMILES string of the molecule is CCc1cn2c(n1)[C@H]([C@@H](C)CC)NCCC2. The molecule has 0 spiro atoms. The zero-order valence-corrected chi connectivity index (χ0v) is 10.7. The fourth-order valence-electron chi connectivity index (χ4n) is 2.37. The van der Waals surface area contributed by atoms with Gasteiger partial charge in [-0.05, 0) is 25.3 Å². The first-order valence-corrected chi connectivity index (χ1v) is 6.55. The van der Waals surface area contributed by atoms with Crippen LogP contribution in [0.25, 0.3) is 0 Å². The molecule has 1 aliphatic rings. The Kier molecular flexibility index (Phi) is 3.64. The third-order valence-corrected chi connectivity index (χ3v) is 3.65. The first-order valence-electron chi connectivity index (χ1n) is 6.55. The van der Waals surface area contributed by atoms with E-state index in [9.17, 15) is 0 Å². The predicted molar refractivity (Wildman–Crippen MR) is 66.4 cm³/mol. The molecule has 0 unspecified atom stereocenters. The summed E-state index contributed by atoms with van der Waals surface area (Å²) in [6.45, 7) is 8.97. The highest BCUT2D eigenvalue weighted by atomic mass is 15.1. The van der Waals surface area contributed by atoms with Crippen molar-refractivity contribution < 1.29 is 0 Å². The Morgan fingerprint density at radius 2 is 2.38 bits per heavy atom. The molecule has 1 aromatic rings. The maximum Gasteiger partial charge on any atom is 0.126 e. The lowest BCUT2D eigenvalue weighted by molar-refractivity contribution is 0.370. The minimum atomic E-state index is 0.438. The number of nitrogens with one attached hydrogen (secondary N) is 1. The zero-order valence-electron chi connectivity index (χ0n) is 10.7. The van der Waals surface area contributed by atoms with Crippen LogP contribution in [0.3, 0.4) is 0 Å². The van der Waals surface area contributed by atoms with E-state index in [0.29, 0.717) is 12.0 Å². The van der Waals surface area contributed by atoms with Gasteiger partial charge in [0.05, 0.1) is 11.7 Å². The summed E-state index contributed by atoms with van der Waals surface area (Å²) in [4.78, 5) is 4.78. The van der Waals surface area contributed by atoms with Crippen LogP contribution in [0, 0.1) is 5.92 Å². The fraction of sp³-hybridized carbons (Fsp3) is 0.769. The first-order chi connectivity index (χ1) is 7.76. The van der Waals surface area contributed by atoms with Gasteiger partial charge in [-0.3, -0.25) is 0 Å². The van der Waals surface area contributed by atoms with Crippen molar-refractivity contribution in [1.82, 2.24) is 14.9 Å². The van der Waals surface area contributed by atoms with Crippen molar-refractivity contribution in [3.05, 3.63) is 17.7 Å². The number of aromatic nitrogens is 2. The van der Waals surface area contributed by atoms with Gasteiger partial charge in [-0.25, -0.2) is 4.98 Å². The number of imidazole rings is 1. The summed E-state index contributed by atoms with van der Waals surface area (Å²) in [5, 5.41) is 3.64. The molecule has 0 aliphatic carbocycles. The van der Waals surface area contributed by atoms with Crippen LogP contribution in [0.2, 0.25) is 0 Å². The average Bonchev–Trinajstić information content (AvgIpc) is 2.62. The topological polar surface area (TPSA) is 29.9 Å². The molecule has 1 aliphatic heterocycles. The Hall–Kier alpha value is -0.830. The van der Waals surface area contributed by atoms with Crippen LogP contribution in [0.15, 0.2) is 6.20 Å². The van der Waals surface area contributed by atoms with Gasteiger partial charge in [0.1, 0.15) is 5.82 Å². The Morgan fingerprint density at radius 3 is 3.06 bits per heavy atom. The van der Waals surface area contributed by atoms with Gasteiger partial charge in [0.25, 0.3) is 0 Å². The Bertz CT molecular complexity index is 343. The number of hydrogen-bond acceptors (Lipinski definition) is 2. The highest BCUT2D eigenvalue weighted by Crippen LogP contribution is 2.26. The Balaban J connectivity index is 2.31. The quantitative estimate of drug-likeness (QED) is 0.850. The van der Waals surface area contributed by atoms with Crippen molar-refractivity contribution in [2.24, 2.45) is 5.92 Å². The van der Waals surface area contributed by atoms with Crippen molar-refractivity contribution in [2.45, 2.75) is 52.6 Å². The molecule has 16 heavy (non-hydrogen) atoms. The highest BCUT2D eigenvalue weighted by Gasteiger charge is 2.24. The minimum absolute atomic E-state index is 0.438. The van der Waals surface area contributed by atoms with Gasteiger partial charge in [0.2, 0.25) is 0 Å². The van der Waals surface area contributed by atoms with E-state index in [1.807, 2.05) is 0 Å². The van der Waals surface area contributed by atoms with Gasteiger partial charge >= 0.3 is 0 Å². The van der Waals surface area contributed by atoms with Crippen molar-refractivity contribution in [1.29, 1.82) is 0 Å². The molecule has 0 aromatic carbocycles. The summed E-state index contributed by atoms with van der Waals surface area (Å²) in [7, 11) is 0. The summed E-state index contributed by atoms with van der Waals surface area (Å²) in [5.41, 5.74) is 1.23. The summed E-state index contributed by atoms with van der Waals surface area (Å²) in [6.07, 6.45) is 5.68. The molecule has 2 rings (SSSR count). The second-order valence-corrected chi connectivity index (χ2v) is 4.81. The normalized spacial score (nSPS) is 22.6.